The molecule has 2 nitrogen and oxygen atoms in total. The molecule has 2 aromatic carbocycles. The van der Waals surface area contributed by atoms with Gasteiger partial charge in [-0.25, -0.2) is 0 Å². The zero-order valence-electron chi connectivity index (χ0n) is 18.4. The number of amides is 1. The molecular formula is C26H28F3NO. The average molecular weight is 428 g/mol. The molecule has 0 bridgehead atoms. The summed E-state index contributed by atoms with van der Waals surface area (Å²) in [5.74, 6) is -0.359. The molecule has 0 saturated carbocycles. The Bertz CT molecular complexity index is 1010. The molecule has 0 aromatic heterocycles. The number of halogens is 3. The predicted molar refractivity (Wildman–Crippen MR) is 120 cm³/mol. The first-order chi connectivity index (χ1) is 14.5. The Balaban J connectivity index is 1.73. The molecule has 0 atom stereocenters. The molecule has 0 heterocycles. The summed E-state index contributed by atoms with van der Waals surface area (Å²) in [4.78, 5) is 12.4. The second-order valence-corrected chi connectivity index (χ2v) is 8.66. The van der Waals surface area contributed by atoms with Gasteiger partial charge in [0.25, 0.3) is 5.91 Å². The summed E-state index contributed by atoms with van der Waals surface area (Å²) in [6.07, 6.45) is 0.967. The largest absolute Gasteiger partial charge is 0.416 e. The molecule has 0 spiro atoms. The molecule has 164 valence electrons. The highest BCUT2D eigenvalue weighted by Crippen LogP contribution is 2.44. The third-order valence-electron chi connectivity index (χ3n) is 6.11. The highest BCUT2D eigenvalue weighted by molar-refractivity contribution is 6.04. The van der Waals surface area contributed by atoms with Crippen molar-refractivity contribution in [3.63, 3.8) is 0 Å². The number of carbonyl (C=O) groups excluding carboxylic acids is 1. The fourth-order valence-electron chi connectivity index (χ4n) is 4.29. The van der Waals surface area contributed by atoms with Gasteiger partial charge in [0.2, 0.25) is 0 Å². The fraction of sp³-hybridized carbons (Fsp3) is 0.346. The first-order valence-corrected chi connectivity index (χ1v) is 10.5. The van der Waals surface area contributed by atoms with Crippen molar-refractivity contribution in [3.05, 3.63) is 81.9 Å². The van der Waals surface area contributed by atoms with Crippen LogP contribution in [0.5, 0.6) is 0 Å². The molecule has 0 radical (unpaired) electrons. The zero-order valence-corrected chi connectivity index (χ0v) is 18.4. The smallest absolute Gasteiger partial charge is 0.322 e. The minimum Gasteiger partial charge on any atom is -0.322 e. The van der Waals surface area contributed by atoms with Crippen molar-refractivity contribution in [3.8, 4) is 0 Å². The number of benzene rings is 2. The van der Waals surface area contributed by atoms with Crippen molar-refractivity contribution >= 4 is 17.7 Å². The number of alkyl halides is 3. The van der Waals surface area contributed by atoms with Crippen LogP contribution in [0.1, 0.15) is 68.4 Å². The van der Waals surface area contributed by atoms with Gasteiger partial charge in [-0.1, -0.05) is 44.6 Å². The minimum atomic E-state index is -4.40. The number of anilines is 1. The Morgan fingerprint density at radius 2 is 1.68 bits per heavy atom. The summed E-state index contributed by atoms with van der Waals surface area (Å²) in [7, 11) is 0. The van der Waals surface area contributed by atoms with E-state index >= 15 is 0 Å². The minimum absolute atomic E-state index is 0.233. The summed E-state index contributed by atoms with van der Waals surface area (Å²) in [6.45, 7) is 9.00. The quantitative estimate of drug-likeness (QED) is 0.528. The fourth-order valence-corrected chi connectivity index (χ4v) is 4.29. The maximum atomic E-state index is 12.7. The highest BCUT2D eigenvalue weighted by atomic mass is 19.4. The molecule has 0 saturated heterocycles. The monoisotopic (exact) mass is 427 g/mol. The SMILES string of the molecule is CCC1=C(C)/C(=C/c2ccc(C(=O)Nc3ccc(C(F)(F)F)cc3)cc2)CCC1(C)C. The lowest BCUT2D eigenvalue weighted by molar-refractivity contribution is -0.137. The van der Waals surface area contributed by atoms with Crippen LogP contribution in [0, 0.1) is 5.41 Å². The summed E-state index contributed by atoms with van der Waals surface area (Å²) < 4.78 is 38.0. The predicted octanol–water partition coefficient (Wildman–Crippen LogP) is 7.89. The summed E-state index contributed by atoms with van der Waals surface area (Å²) >= 11 is 0. The van der Waals surface area contributed by atoms with E-state index in [9.17, 15) is 18.0 Å². The lowest BCUT2D eigenvalue weighted by Crippen LogP contribution is -2.21. The van der Waals surface area contributed by atoms with Crippen LogP contribution in [0.2, 0.25) is 0 Å². The molecule has 1 aliphatic rings. The second kappa shape index (κ2) is 8.74. The van der Waals surface area contributed by atoms with Crippen LogP contribution in [0.3, 0.4) is 0 Å². The first-order valence-electron chi connectivity index (χ1n) is 10.5. The molecule has 0 fully saturated rings. The number of carbonyl (C=O) groups is 1. The van der Waals surface area contributed by atoms with Crippen LogP contribution >= 0.6 is 0 Å². The van der Waals surface area contributed by atoms with Gasteiger partial charge >= 0.3 is 6.18 Å². The van der Waals surface area contributed by atoms with Gasteiger partial charge in [-0.3, -0.25) is 4.79 Å². The van der Waals surface area contributed by atoms with Crippen LogP contribution in [-0.4, -0.2) is 5.91 Å². The van der Waals surface area contributed by atoms with Gasteiger partial charge in [0.15, 0.2) is 0 Å². The first kappa shape index (κ1) is 22.9. The Labute approximate surface area is 181 Å². The van der Waals surface area contributed by atoms with Gasteiger partial charge in [-0.2, -0.15) is 13.2 Å². The van der Waals surface area contributed by atoms with Crippen LogP contribution < -0.4 is 5.32 Å². The van der Waals surface area contributed by atoms with Gasteiger partial charge in [0.05, 0.1) is 5.56 Å². The van der Waals surface area contributed by atoms with Crippen molar-refractivity contribution in [1.29, 1.82) is 0 Å². The van der Waals surface area contributed by atoms with Gasteiger partial charge in [-0.15, -0.1) is 0 Å². The standard InChI is InChI=1S/C26H28F3NO/c1-5-23-17(2)20(14-15-25(23,3)4)16-18-6-8-19(9-7-18)24(31)30-22-12-10-21(11-13-22)26(27,28)29/h6-13,16H,5,14-15H2,1-4H3,(H,30,31)/b20-16+. The number of rotatable bonds is 4. The Hall–Kier alpha value is -2.82. The van der Waals surface area contributed by atoms with Gasteiger partial charge in [0, 0.05) is 11.3 Å². The number of hydrogen-bond acceptors (Lipinski definition) is 1. The Morgan fingerprint density at radius 3 is 2.23 bits per heavy atom. The summed E-state index contributed by atoms with van der Waals surface area (Å²) in [5.41, 5.74) is 5.48. The van der Waals surface area contributed by atoms with E-state index in [-0.39, 0.29) is 11.3 Å². The molecule has 1 aliphatic carbocycles. The molecule has 0 aliphatic heterocycles. The van der Waals surface area contributed by atoms with E-state index in [1.165, 1.54) is 28.9 Å². The third-order valence-corrected chi connectivity index (χ3v) is 6.11. The van der Waals surface area contributed by atoms with Crippen molar-refractivity contribution in [1.82, 2.24) is 0 Å². The summed E-state index contributed by atoms with van der Waals surface area (Å²) in [5, 5.41) is 2.64. The molecule has 5 heteroatoms. The van der Waals surface area contributed by atoms with Gasteiger partial charge in [0.1, 0.15) is 0 Å². The molecule has 1 N–H and O–H groups in total. The van der Waals surface area contributed by atoms with E-state index < -0.39 is 11.7 Å². The van der Waals surface area contributed by atoms with Crippen LogP contribution in [-0.2, 0) is 6.18 Å². The highest BCUT2D eigenvalue weighted by Gasteiger charge is 2.30. The zero-order chi connectivity index (χ0) is 22.8. The number of nitrogens with one attached hydrogen (secondary N) is 1. The Morgan fingerprint density at radius 1 is 1.06 bits per heavy atom. The molecule has 31 heavy (non-hydrogen) atoms. The second-order valence-electron chi connectivity index (χ2n) is 8.66. The topological polar surface area (TPSA) is 29.1 Å². The Kier molecular flexibility index (Phi) is 6.44. The van der Waals surface area contributed by atoms with Gasteiger partial charge in [-0.05, 0) is 84.7 Å². The van der Waals surface area contributed by atoms with E-state index in [4.69, 9.17) is 0 Å². The van der Waals surface area contributed by atoms with Crippen molar-refractivity contribution in [2.75, 3.05) is 5.32 Å². The molecule has 1 amide bonds. The van der Waals surface area contributed by atoms with E-state index in [1.54, 1.807) is 12.1 Å². The summed E-state index contributed by atoms with van der Waals surface area (Å²) in [6, 6.07) is 11.7. The third kappa shape index (κ3) is 5.27. The van der Waals surface area contributed by atoms with Crippen LogP contribution in [0.25, 0.3) is 6.08 Å². The lowest BCUT2D eigenvalue weighted by Gasteiger charge is -2.35. The van der Waals surface area contributed by atoms with E-state index in [2.05, 4.69) is 39.1 Å². The lowest BCUT2D eigenvalue weighted by atomic mass is 9.70. The van der Waals surface area contributed by atoms with Crippen LogP contribution in [0.4, 0.5) is 18.9 Å². The number of allylic oxidation sites excluding steroid dienone is 3. The molecule has 2 aromatic rings. The van der Waals surface area contributed by atoms with Crippen molar-refractivity contribution in [2.24, 2.45) is 5.41 Å². The van der Waals surface area contributed by atoms with Crippen LogP contribution in [0.15, 0.2) is 65.3 Å². The molecule has 3 rings (SSSR count). The molecular weight excluding hydrogens is 399 g/mol. The van der Waals surface area contributed by atoms with E-state index in [0.29, 0.717) is 11.3 Å². The normalized spacial score (nSPS) is 17.7. The van der Waals surface area contributed by atoms with Crippen molar-refractivity contribution < 1.29 is 18.0 Å². The van der Waals surface area contributed by atoms with E-state index in [1.807, 2.05) is 12.1 Å². The molecule has 0 unspecified atom stereocenters. The maximum Gasteiger partial charge on any atom is 0.416 e. The number of hydrogen-bond donors (Lipinski definition) is 1. The van der Waals surface area contributed by atoms with E-state index in [0.717, 1.165) is 37.0 Å². The van der Waals surface area contributed by atoms with Gasteiger partial charge < -0.3 is 5.32 Å². The average Bonchev–Trinajstić information content (AvgIpc) is 2.70. The maximum absolute atomic E-state index is 12.7. The van der Waals surface area contributed by atoms with Crippen molar-refractivity contribution in [2.45, 2.75) is 53.1 Å².